The maximum Gasteiger partial charge on any atom is 0.257 e. The Morgan fingerprint density at radius 3 is 2.81 bits per heavy atom. The highest BCUT2D eigenvalue weighted by atomic mass is 16.2. The maximum absolute atomic E-state index is 12.4. The Bertz CT molecular complexity index is 379. The van der Waals surface area contributed by atoms with Gasteiger partial charge in [0.1, 0.15) is 0 Å². The molecule has 0 saturated carbocycles. The van der Waals surface area contributed by atoms with Crippen molar-refractivity contribution in [2.45, 2.75) is 26.8 Å². The first-order chi connectivity index (χ1) is 7.61. The summed E-state index contributed by atoms with van der Waals surface area (Å²) in [6.45, 7) is 8.32. The van der Waals surface area contributed by atoms with Gasteiger partial charge in [0.25, 0.3) is 5.91 Å². The second kappa shape index (κ2) is 4.25. The van der Waals surface area contributed by atoms with Crippen LogP contribution in [0, 0.1) is 13.8 Å². The normalized spacial score (nSPS) is 21.2. The fraction of sp³-hybridized carbons (Fsp3) is 0.636. The molecule has 0 radical (unpaired) electrons. The molecular formula is C11H18N4O. The summed E-state index contributed by atoms with van der Waals surface area (Å²) in [7, 11) is 0. The largest absolute Gasteiger partial charge is 0.333 e. The molecule has 0 unspecified atom stereocenters. The summed E-state index contributed by atoms with van der Waals surface area (Å²) in [5.41, 5.74) is 2.37. The van der Waals surface area contributed by atoms with Gasteiger partial charge in [-0.3, -0.25) is 9.89 Å². The van der Waals surface area contributed by atoms with E-state index < -0.39 is 0 Å². The number of aromatic nitrogens is 2. The van der Waals surface area contributed by atoms with Gasteiger partial charge < -0.3 is 10.2 Å². The second-order valence-corrected chi connectivity index (χ2v) is 4.36. The van der Waals surface area contributed by atoms with Crippen LogP contribution in [-0.4, -0.2) is 46.7 Å². The van der Waals surface area contributed by atoms with Crippen LogP contribution in [0.25, 0.3) is 0 Å². The number of aromatic amines is 1. The molecule has 2 N–H and O–H groups in total. The van der Waals surface area contributed by atoms with Crippen molar-refractivity contribution in [2.24, 2.45) is 0 Å². The lowest BCUT2D eigenvalue weighted by Crippen LogP contribution is -2.52. The average Bonchev–Trinajstić information content (AvgIpc) is 2.58. The topological polar surface area (TPSA) is 61.0 Å². The zero-order valence-electron chi connectivity index (χ0n) is 10.0. The van der Waals surface area contributed by atoms with Crippen molar-refractivity contribution < 1.29 is 4.79 Å². The number of nitrogens with one attached hydrogen (secondary N) is 2. The van der Waals surface area contributed by atoms with E-state index in [0.29, 0.717) is 0 Å². The van der Waals surface area contributed by atoms with Gasteiger partial charge in [-0.1, -0.05) is 0 Å². The van der Waals surface area contributed by atoms with Crippen LogP contribution in [0.3, 0.4) is 0 Å². The maximum atomic E-state index is 12.4. The molecule has 5 nitrogen and oxygen atoms in total. The van der Waals surface area contributed by atoms with Gasteiger partial charge in [-0.15, -0.1) is 0 Å². The first-order valence-electron chi connectivity index (χ1n) is 5.64. The molecule has 1 atom stereocenters. The average molecular weight is 222 g/mol. The molecule has 0 bridgehead atoms. The third-order valence-electron chi connectivity index (χ3n) is 3.10. The number of nitrogens with zero attached hydrogens (tertiary/aromatic N) is 2. The van der Waals surface area contributed by atoms with Gasteiger partial charge in [0.15, 0.2) is 0 Å². The van der Waals surface area contributed by atoms with Crippen LogP contribution in [0.5, 0.6) is 0 Å². The van der Waals surface area contributed by atoms with Crippen LogP contribution in [0.1, 0.15) is 28.7 Å². The first-order valence-corrected chi connectivity index (χ1v) is 5.64. The number of carbonyl (C=O) groups is 1. The number of hydrogen-bond donors (Lipinski definition) is 2. The monoisotopic (exact) mass is 222 g/mol. The van der Waals surface area contributed by atoms with Crippen molar-refractivity contribution in [2.75, 3.05) is 19.6 Å². The predicted octanol–water partition coefficient (Wildman–Crippen LogP) is 0.460. The molecule has 88 valence electrons. The molecule has 2 heterocycles. The zero-order chi connectivity index (χ0) is 11.7. The summed E-state index contributed by atoms with van der Waals surface area (Å²) < 4.78 is 0. The molecule has 1 aromatic heterocycles. The highest BCUT2D eigenvalue weighted by Gasteiger charge is 2.27. The van der Waals surface area contributed by atoms with Crippen LogP contribution in [-0.2, 0) is 0 Å². The third-order valence-corrected chi connectivity index (χ3v) is 3.10. The number of piperazine rings is 1. The zero-order valence-corrected chi connectivity index (χ0v) is 10.0. The fourth-order valence-electron chi connectivity index (χ4n) is 2.15. The summed E-state index contributed by atoms with van der Waals surface area (Å²) in [6, 6.07) is 0.245. The fourth-order valence-corrected chi connectivity index (χ4v) is 2.15. The summed E-state index contributed by atoms with van der Waals surface area (Å²) in [4.78, 5) is 14.3. The lowest BCUT2D eigenvalue weighted by molar-refractivity contribution is 0.0654. The summed E-state index contributed by atoms with van der Waals surface area (Å²) in [5, 5.41) is 10.2. The van der Waals surface area contributed by atoms with Crippen LogP contribution in [0.15, 0.2) is 0 Å². The second-order valence-electron chi connectivity index (χ2n) is 4.36. The van der Waals surface area contributed by atoms with Crippen LogP contribution in [0.4, 0.5) is 0 Å². The van der Waals surface area contributed by atoms with E-state index in [2.05, 4.69) is 22.4 Å². The summed E-state index contributed by atoms with van der Waals surface area (Å²) >= 11 is 0. The predicted molar refractivity (Wildman–Crippen MR) is 61.4 cm³/mol. The Morgan fingerprint density at radius 1 is 1.50 bits per heavy atom. The molecule has 16 heavy (non-hydrogen) atoms. The molecule has 2 rings (SSSR count). The van der Waals surface area contributed by atoms with Crippen molar-refractivity contribution in [3.8, 4) is 0 Å². The Labute approximate surface area is 95.2 Å². The third kappa shape index (κ3) is 1.82. The number of amides is 1. The van der Waals surface area contributed by atoms with E-state index in [4.69, 9.17) is 0 Å². The van der Waals surface area contributed by atoms with Crippen molar-refractivity contribution in [1.82, 2.24) is 20.4 Å². The van der Waals surface area contributed by atoms with Crippen molar-refractivity contribution in [3.63, 3.8) is 0 Å². The molecule has 1 fully saturated rings. The van der Waals surface area contributed by atoms with E-state index in [1.54, 1.807) is 0 Å². The van der Waals surface area contributed by atoms with E-state index in [-0.39, 0.29) is 11.9 Å². The van der Waals surface area contributed by atoms with Gasteiger partial charge in [0.2, 0.25) is 0 Å². The molecule has 0 aromatic carbocycles. The molecule has 1 saturated heterocycles. The molecule has 5 heteroatoms. The Kier molecular flexibility index (Phi) is 2.96. The minimum Gasteiger partial charge on any atom is -0.333 e. The molecule has 0 aliphatic carbocycles. The number of aryl methyl sites for hydroxylation is 2. The quantitative estimate of drug-likeness (QED) is 0.725. The molecule has 0 spiro atoms. The number of carbonyl (C=O) groups excluding carboxylic acids is 1. The minimum absolute atomic E-state index is 0.0951. The van der Waals surface area contributed by atoms with Crippen molar-refractivity contribution in [3.05, 3.63) is 17.0 Å². The Balaban J connectivity index is 2.24. The SMILES string of the molecule is Cc1n[nH]c(C)c1C(=O)N1CCNC[C@@H]1C. The van der Waals surface area contributed by atoms with Crippen molar-refractivity contribution in [1.29, 1.82) is 0 Å². The molecule has 1 aliphatic rings. The molecular weight excluding hydrogens is 204 g/mol. The van der Waals surface area contributed by atoms with Crippen molar-refractivity contribution >= 4 is 5.91 Å². The molecule has 1 aromatic rings. The first kappa shape index (κ1) is 11.1. The summed E-state index contributed by atoms with van der Waals surface area (Å²) in [6.07, 6.45) is 0. The Morgan fingerprint density at radius 2 is 2.25 bits per heavy atom. The van der Waals surface area contributed by atoms with Gasteiger partial charge in [-0.05, 0) is 20.8 Å². The number of H-pyrrole nitrogens is 1. The standard InChI is InChI=1S/C11H18N4O/c1-7-6-12-4-5-15(7)11(16)10-8(2)13-14-9(10)3/h7,12H,4-6H2,1-3H3,(H,13,14)/t7-/m0/s1. The van der Waals surface area contributed by atoms with Gasteiger partial charge in [-0.2, -0.15) is 5.10 Å². The Hall–Kier alpha value is -1.36. The lowest BCUT2D eigenvalue weighted by Gasteiger charge is -2.34. The lowest BCUT2D eigenvalue weighted by atomic mass is 10.1. The van der Waals surface area contributed by atoms with Gasteiger partial charge in [0, 0.05) is 31.4 Å². The van der Waals surface area contributed by atoms with E-state index in [1.165, 1.54) is 0 Å². The molecule has 1 amide bonds. The van der Waals surface area contributed by atoms with Crippen LogP contribution < -0.4 is 5.32 Å². The number of hydrogen-bond acceptors (Lipinski definition) is 3. The van der Waals surface area contributed by atoms with Gasteiger partial charge >= 0.3 is 0 Å². The van der Waals surface area contributed by atoms with E-state index >= 15 is 0 Å². The van der Waals surface area contributed by atoms with E-state index in [0.717, 1.165) is 36.6 Å². The van der Waals surface area contributed by atoms with Gasteiger partial charge in [-0.25, -0.2) is 0 Å². The smallest absolute Gasteiger partial charge is 0.257 e. The highest BCUT2D eigenvalue weighted by molar-refractivity contribution is 5.96. The van der Waals surface area contributed by atoms with Crippen LogP contribution in [0.2, 0.25) is 0 Å². The van der Waals surface area contributed by atoms with E-state index in [1.807, 2.05) is 18.7 Å². The minimum atomic E-state index is 0.0951. The van der Waals surface area contributed by atoms with Gasteiger partial charge in [0.05, 0.1) is 11.3 Å². The van der Waals surface area contributed by atoms with E-state index in [9.17, 15) is 4.79 Å². The highest BCUT2D eigenvalue weighted by Crippen LogP contribution is 2.15. The number of rotatable bonds is 1. The van der Waals surface area contributed by atoms with Crippen LogP contribution >= 0.6 is 0 Å². The summed E-state index contributed by atoms with van der Waals surface area (Å²) in [5.74, 6) is 0.0951. The molecule has 1 aliphatic heterocycles.